The van der Waals surface area contributed by atoms with Gasteiger partial charge in [0.25, 0.3) is 5.91 Å². The monoisotopic (exact) mass is 338 g/mol. The zero-order valence-electron chi connectivity index (χ0n) is 15.2. The van der Waals surface area contributed by atoms with Crippen molar-refractivity contribution in [1.29, 1.82) is 0 Å². The number of hydrogen-bond donors (Lipinski definition) is 1. The Hall–Kier alpha value is -2.33. The van der Waals surface area contributed by atoms with Crippen LogP contribution in [0.2, 0.25) is 0 Å². The number of ether oxygens (including phenoxy) is 1. The van der Waals surface area contributed by atoms with Gasteiger partial charge in [-0.3, -0.25) is 4.79 Å². The first kappa shape index (κ1) is 17.5. The maximum Gasteiger partial charge on any atom is 0.251 e. The van der Waals surface area contributed by atoms with Crippen molar-refractivity contribution in [2.75, 3.05) is 27.7 Å². The van der Waals surface area contributed by atoms with Gasteiger partial charge >= 0.3 is 0 Å². The summed E-state index contributed by atoms with van der Waals surface area (Å²) in [7, 11) is 5.71. The number of likely N-dealkylation sites (N-methyl/N-ethyl adjacent to an activating group) is 1. The first-order chi connectivity index (χ1) is 12.1. The van der Waals surface area contributed by atoms with Gasteiger partial charge in [0.15, 0.2) is 0 Å². The molecule has 1 N–H and O–H groups in total. The van der Waals surface area contributed by atoms with E-state index in [0.717, 1.165) is 16.9 Å². The summed E-state index contributed by atoms with van der Waals surface area (Å²) in [5, 5.41) is 3.12. The third-order valence-corrected chi connectivity index (χ3v) is 4.78. The van der Waals surface area contributed by atoms with Crippen LogP contribution < -0.4 is 10.1 Å². The molecule has 0 spiro atoms. The zero-order valence-corrected chi connectivity index (χ0v) is 15.2. The molecule has 4 heteroatoms. The quantitative estimate of drug-likeness (QED) is 0.838. The van der Waals surface area contributed by atoms with Crippen LogP contribution in [0.25, 0.3) is 0 Å². The van der Waals surface area contributed by atoms with E-state index >= 15 is 0 Å². The predicted octanol–water partition coefficient (Wildman–Crippen LogP) is 3.61. The van der Waals surface area contributed by atoms with Gasteiger partial charge in [0, 0.05) is 12.1 Å². The molecule has 4 nitrogen and oxygen atoms in total. The van der Waals surface area contributed by atoms with E-state index in [-0.39, 0.29) is 11.9 Å². The van der Waals surface area contributed by atoms with Gasteiger partial charge in [-0.25, -0.2) is 0 Å². The SMILES string of the molecule is COc1cccc(C(CNC(=O)c2ccccc2C2CC2)N(C)C)c1. The van der Waals surface area contributed by atoms with Crippen LogP contribution in [0.1, 0.15) is 46.3 Å². The second-order valence-corrected chi connectivity index (χ2v) is 6.83. The number of methoxy groups -OCH3 is 1. The summed E-state index contributed by atoms with van der Waals surface area (Å²) < 4.78 is 5.32. The molecular weight excluding hydrogens is 312 g/mol. The van der Waals surface area contributed by atoms with Crippen molar-refractivity contribution in [2.45, 2.75) is 24.8 Å². The van der Waals surface area contributed by atoms with Gasteiger partial charge in [0.1, 0.15) is 5.75 Å². The maximum atomic E-state index is 12.7. The number of hydrogen-bond acceptors (Lipinski definition) is 3. The molecule has 0 bridgehead atoms. The Morgan fingerprint density at radius 1 is 1.20 bits per heavy atom. The fraction of sp³-hybridized carbons (Fsp3) is 0.381. The lowest BCUT2D eigenvalue weighted by molar-refractivity contribution is 0.0941. The third kappa shape index (κ3) is 4.20. The van der Waals surface area contributed by atoms with Gasteiger partial charge in [-0.15, -0.1) is 0 Å². The van der Waals surface area contributed by atoms with Crippen LogP contribution in [0.3, 0.4) is 0 Å². The smallest absolute Gasteiger partial charge is 0.251 e. The number of benzene rings is 2. The number of carbonyl (C=O) groups excluding carboxylic acids is 1. The number of carbonyl (C=O) groups is 1. The first-order valence-electron chi connectivity index (χ1n) is 8.77. The molecule has 2 aromatic rings. The average Bonchev–Trinajstić information content (AvgIpc) is 3.46. The second-order valence-electron chi connectivity index (χ2n) is 6.83. The van der Waals surface area contributed by atoms with Crippen molar-refractivity contribution >= 4 is 5.91 Å². The summed E-state index contributed by atoms with van der Waals surface area (Å²) in [6.07, 6.45) is 2.38. The molecule has 1 atom stereocenters. The predicted molar refractivity (Wildman–Crippen MR) is 100 cm³/mol. The van der Waals surface area contributed by atoms with Crippen molar-refractivity contribution in [1.82, 2.24) is 10.2 Å². The van der Waals surface area contributed by atoms with Crippen LogP contribution in [-0.4, -0.2) is 38.6 Å². The highest BCUT2D eigenvalue weighted by Gasteiger charge is 2.27. The lowest BCUT2D eigenvalue weighted by atomic mass is 10.0. The number of nitrogens with one attached hydrogen (secondary N) is 1. The molecular formula is C21H26N2O2. The van der Waals surface area contributed by atoms with E-state index in [4.69, 9.17) is 4.74 Å². The Kier molecular flexibility index (Phi) is 5.39. The van der Waals surface area contributed by atoms with Crippen molar-refractivity contribution in [2.24, 2.45) is 0 Å². The highest BCUT2D eigenvalue weighted by Crippen LogP contribution is 2.41. The van der Waals surface area contributed by atoms with E-state index in [1.54, 1.807) is 7.11 Å². The summed E-state index contributed by atoms with van der Waals surface area (Å²) in [5.41, 5.74) is 3.12. The Labute approximate surface area is 149 Å². The molecule has 1 aliphatic carbocycles. The normalized spacial score (nSPS) is 15.0. The molecule has 0 heterocycles. The third-order valence-electron chi connectivity index (χ3n) is 4.78. The average molecular weight is 338 g/mol. The summed E-state index contributed by atoms with van der Waals surface area (Å²) in [6, 6.07) is 16.1. The van der Waals surface area contributed by atoms with Crippen molar-refractivity contribution in [3.8, 4) is 5.75 Å². The molecule has 1 saturated carbocycles. The molecule has 3 rings (SSSR count). The van der Waals surface area contributed by atoms with E-state index in [1.165, 1.54) is 18.4 Å². The first-order valence-corrected chi connectivity index (χ1v) is 8.77. The molecule has 0 aromatic heterocycles. The molecule has 1 unspecified atom stereocenters. The molecule has 0 aliphatic heterocycles. The standard InChI is InChI=1S/C21H26N2O2/c1-23(2)20(16-7-6-8-17(13-16)25-3)14-22-21(24)19-10-5-4-9-18(19)15-11-12-15/h4-10,13,15,20H,11-12,14H2,1-3H3,(H,22,24). The lowest BCUT2D eigenvalue weighted by Gasteiger charge is -2.25. The molecule has 0 saturated heterocycles. The molecule has 2 aromatic carbocycles. The van der Waals surface area contributed by atoms with Crippen LogP contribution in [0.15, 0.2) is 48.5 Å². The van der Waals surface area contributed by atoms with Crippen LogP contribution in [0.5, 0.6) is 5.75 Å². The number of rotatable bonds is 7. The largest absolute Gasteiger partial charge is 0.497 e. The maximum absolute atomic E-state index is 12.7. The summed E-state index contributed by atoms with van der Waals surface area (Å²) in [5.74, 6) is 1.40. The Morgan fingerprint density at radius 3 is 2.64 bits per heavy atom. The molecule has 132 valence electrons. The van der Waals surface area contributed by atoms with E-state index < -0.39 is 0 Å². The minimum Gasteiger partial charge on any atom is -0.497 e. The van der Waals surface area contributed by atoms with Crippen LogP contribution in [-0.2, 0) is 0 Å². The van der Waals surface area contributed by atoms with Gasteiger partial charge < -0.3 is 15.0 Å². The van der Waals surface area contributed by atoms with Gasteiger partial charge in [-0.1, -0.05) is 30.3 Å². The summed E-state index contributed by atoms with van der Waals surface area (Å²) in [6.45, 7) is 0.554. The zero-order chi connectivity index (χ0) is 17.8. The minimum atomic E-state index is 0.0113. The van der Waals surface area contributed by atoms with Crippen LogP contribution in [0, 0.1) is 0 Å². The highest BCUT2D eigenvalue weighted by atomic mass is 16.5. The fourth-order valence-corrected chi connectivity index (χ4v) is 3.19. The molecule has 1 aliphatic rings. The van der Waals surface area contributed by atoms with E-state index in [2.05, 4.69) is 22.3 Å². The summed E-state index contributed by atoms with van der Waals surface area (Å²) >= 11 is 0. The molecule has 1 amide bonds. The minimum absolute atomic E-state index is 0.0113. The fourth-order valence-electron chi connectivity index (χ4n) is 3.19. The van der Waals surface area contributed by atoms with Crippen LogP contribution >= 0.6 is 0 Å². The number of nitrogens with zero attached hydrogens (tertiary/aromatic N) is 1. The molecule has 25 heavy (non-hydrogen) atoms. The van der Waals surface area contributed by atoms with E-state index in [9.17, 15) is 4.79 Å². The summed E-state index contributed by atoms with van der Waals surface area (Å²) in [4.78, 5) is 14.8. The van der Waals surface area contributed by atoms with E-state index in [1.807, 2.05) is 50.5 Å². The van der Waals surface area contributed by atoms with Crippen molar-refractivity contribution in [3.63, 3.8) is 0 Å². The van der Waals surface area contributed by atoms with Crippen molar-refractivity contribution in [3.05, 3.63) is 65.2 Å². The highest BCUT2D eigenvalue weighted by molar-refractivity contribution is 5.96. The molecule has 1 fully saturated rings. The number of amides is 1. The van der Waals surface area contributed by atoms with Crippen molar-refractivity contribution < 1.29 is 9.53 Å². The van der Waals surface area contributed by atoms with E-state index in [0.29, 0.717) is 12.5 Å². The van der Waals surface area contributed by atoms with Gasteiger partial charge in [-0.2, -0.15) is 0 Å². The second kappa shape index (κ2) is 7.70. The Morgan fingerprint density at radius 2 is 1.96 bits per heavy atom. The lowest BCUT2D eigenvalue weighted by Crippen LogP contribution is -2.34. The van der Waals surface area contributed by atoms with Crippen LogP contribution in [0.4, 0.5) is 0 Å². The topological polar surface area (TPSA) is 41.6 Å². The van der Waals surface area contributed by atoms with Gasteiger partial charge in [0.2, 0.25) is 0 Å². The van der Waals surface area contributed by atoms with Gasteiger partial charge in [-0.05, 0) is 62.2 Å². The Bertz CT molecular complexity index is 738. The van der Waals surface area contributed by atoms with Gasteiger partial charge in [0.05, 0.1) is 13.2 Å². The molecule has 0 radical (unpaired) electrons. The Balaban J connectivity index is 1.72.